The lowest BCUT2D eigenvalue weighted by Gasteiger charge is -2.10. The highest BCUT2D eigenvalue weighted by Gasteiger charge is 2.17. The molecule has 0 aromatic heterocycles. The number of sulfonamides is 1. The molecule has 19 heavy (non-hydrogen) atoms. The zero-order valence-corrected chi connectivity index (χ0v) is 13.0. The molecule has 0 unspecified atom stereocenters. The molecule has 3 nitrogen and oxygen atoms in total. The van der Waals surface area contributed by atoms with Gasteiger partial charge in [0.05, 0.1) is 0 Å². The molecule has 2 rings (SSSR count). The van der Waals surface area contributed by atoms with Gasteiger partial charge in [0.2, 0.25) is 0 Å². The number of hydrogen-bond acceptors (Lipinski definition) is 2. The highest BCUT2D eigenvalue weighted by atomic mass is 79.9. The van der Waals surface area contributed by atoms with Crippen LogP contribution in [0, 0.1) is 13.8 Å². The van der Waals surface area contributed by atoms with E-state index in [1.807, 2.05) is 26.0 Å². The van der Waals surface area contributed by atoms with Gasteiger partial charge in [-0.1, -0.05) is 18.2 Å². The highest BCUT2D eigenvalue weighted by Crippen LogP contribution is 2.24. The first-order chi connectivity index (χ1) is 8.90. The molecular weight excluding hydrogens is 326 g/mol. The van der Waals surface area contributed by atoms with E-state index in [1.54, 1.807) is 30.3 Å². The molecule has 0 atom stereocenters. The van der Waals surface area contributed by atoms with Gasteiger partial charge in [0.25, 0.3) is 10.0 Å². The van der Waals surface area contributed by atoms with E-state index in [-0.39, 0.29) is 4.90 Å². The molecule has 0 saturated carbocycles. The fourth-order valence-corrected chi connectivity index (χ4v) is 3.73. The number of halogens is 1. The minimum atomic E-state index is -3.57. The lowest BCUT2D eigenvalue weighted by Crippen LogP contribution is -2.13. The van der Waals surface area contributed by atoms with Crippen LogP contribution in [0.2, 0.25) is 0 Å². The smallest absolute Gasteiger partial charge is 0.263 e. The Kier molecular flexibility index (Phi) is 3.96. The number of benzene rings is 2. The van der Waals surface area contributed by atoms with E-state index in [1.165, 1.54) is 0 Å². The molecule has 0 aliphatic carbocycles. The third kappa shape index (κ3) is 3.16. The summed E-state index contributed by atoms with van der Waals surface area (Å²) in [4.78, 5) is 0.230. The summed E-state index contributed by atoms with van der Waals surface area (Å²) in [5.74, 6) is 0. The fraction of sp³-hybridized carbons (Fsp3) is 0.143. The van der Waals surface area contributed by atoms with Gasteiger partial charge in [0, 0.05) is 10.2 Å². The molecule has 2 aromatic rings. The van der Waals surface area contributed by atoms with Crippen molar-refractivity contribution in [3.8, 4) is 0 Å². The summed E-state index contributed by atoms with van der Waals surface area (Å²) in [5, 5.41) is 0. The standard InChI is InChI=1S/C14H14BrNO2S/c1-10-7-8-12(9-11(10)2)16-19(17,18)14-6-4-3-5-13(14)15/h3-9,16H,1-2H3. The summed E-state index contributed by atoms with van der Waals surface area (Å²) in [6.07, 6.45) is 0. The molecule has 0 heterocycles. The summed E-state index contributed by atoms with van der Waals surface area (Å²) < 4.78 is 27.7. The molecule has 0 amide bonds. The van der Waals surface area contributed by atoms with Gasteiger partial charge in [0.1, 0.15) is 4.90 Å². The summed E-state index contributed by atoms with van der Waals surface area (Å²) >= 11 is 3.25. The number of aryl methyl sites for hydroxylation is 2. The number of anilines is 1. The van der Waals surface area contributed by atoms with Gasteiger partial charge in [-0.15, -0.1) is 0 Å². The molecule has 0 aliphatic heterocycles. The van der Waals surface area contributed by atoms with Crippen LogP contribution in [0.1, 0.15) is 11.1 Å². The maximum Gasteiger partial charge on any atom is 0.263 e. The normalized spacial score (nSPS) is 11.3. The van der Waals surface area contributed by atoms with Crippen LogP contribution in [0.3, 0.4) is 0 Å². The Bertz CT molecular complexity index is 711. The topological polar surface area (TPSA) is 46.2 Å². The first kappa shape index (κ1) is 14.1. The van der Waals surface area contributed by atoms with Gasteiger partial charge in [0.15, 0.2) is 0 Å². The van der Waals surface area contributed by atoms with Crippen molar-refractivity contribution >= 4 is 31.6 Å². The van der Waals surface area contributed by atoms with E-state index < -0.39 is 10.0 Å². The first-order valence-electron chi connectivity index (χ1n) is 5.75. The van der Waals surface area contributed by atoms with E-state index in [0.29, 0.717) is 10.2 Å². The lowest BCUT2D eigenvalue weighted by atomic mass is 10.1. The Morgan fingerprint density at radius 2 is 1.68 bits per heavy atom. The number of hydrogen-bond donors (Lipinski definition) is 1. The maximum atomic E-state index is 12.3. The van der Waals surface area contributed by atoms with E-state index in [4.69, 9.17) is 0 Å². The summed E-state index contributed by atoms with van der Waals surface area (Å²) in [6.45, 7) is 3.94. The van der Waals surface area contributed by atoms with Gasteiger partial charge in [-0.2, -0.15) is 0 Å². The van der Waals surface area contributed by atoms with E-state index >= 15 is 0 Å². The average molecular weight is 340 g/mol. The predicted molar refractivity (Wildman–Crippen MR) is 80.9 cm³/mol. The Labute approximate surface area is 121 Å². The molecular formula is C14H14BrNO2S. The molecule has 0 bridgehead atoms. The molecule has 0 radical (unpaired) electrons. The van der Waals surface area contributed by atoms with E-state index in [9.17, 15) is 8.42 Å². The average Bonchev–Trinajstić information content (AvgIpc) is 2.34. The Morgan fingerprint density at radius 3 is 2.32 bits per heavy atom. The number of nitrogens with one attached hydrogen (secondary N) is 1. The molecule has 0 saturated heterocycles. The minimum absolute atomic E-state index is 0.230. The first-order valence-corrected chi connectivity index (χ1v) is 8.02. The minimum Gasteiger partial charge on any atom is -0.280 e. The zero-order chi connectivity index (χ0) is 14.0. The van der Waals surface area contributed by atoms with Crippen LogP contribution in [-0.2, 0) is 10.0 Å². The summed E-state index contributed by atoms with van der Waals surface area (Å²) in [5.41, 5.74) is 2.75. The predicted octanol–water partition coefficient (Wildman–Crippen LogP) is 3.87. The van der Waals surface area contributed by atoms with Crippen LogP contribution >= 0.6 is 15.9 Å². The second-order valence-electron chi connectivity index (χ2n) is 4.33. The van der Waals surface area contributed by atoms with Crippen LogP contribution in [0.15, 0.2) is 51.8 Å². The molecule has 100 valence electrons. The van der Waals surface area contributed by atoms with Crippen molar-refractivity contribution in [3.05, 3.63) is 58.1 Å². The van der Waals surface area contributed by atoms with Crippen LogP contribution in [0.4, 0.5) is 5.69 Å². The summed E-state index contributed by atoms with van der Waals surface area (Å²) in [7, 11) is -3.57. The van der Waals surface area contributed by atoms with Crippen molar-refractivity contribution in [2.75, 3.05) is 4.72 Å². The van der Waals surface area contributed by atoms with Crippen LogP contribution in [0.5, 0.6) is 0 Å². The van der Waals surface area contributed by atoms with Gasteiger partial charge in [-0.3, -0.25) is 4.72 Å². The van der Waals surface area contributed by atoms with Crippen molar-refractivity contribution in [3.63, 3.8) is 0 Å². The SMILES string of the molecule is Cc1ccc(NS(=O)(=O)c2ccccc2Br)cc1C. The molecule has 0 aliphatic rings. The van der Waals surface area contributed by atoms with Crippen molar-refractivity contribution < 1.29 is 8.42 Å². The van der Waals surface area contributed by atoms with Gasteiger partial charge in [-0.25, -0.2) is 8.42 Å². The second kappa shape index (κ2) is 5.35. The largest absolute Gasteiger partial charge is 0.280 e. The molecule has 5 heteroatoms. The van der Waals surface area contributed by atoms with Crippen molar-refractivity contribution in [2.24, 2.45) is 0 Å². The molecule has 0 spiro atoms. The Morgan fingerprint density at radius 1 is 1.00 bits per heavy atom. The third-order valence-corrected chi connectivity index (χ3v) is 5.28. The summed E-state index contributed by atoms with van der Waals surface area (Å²) in [6, 6.07) is 12.2. The lowest BCUT2D eigenvalue weighted by molar-refractivity contribution is 0.601. The van der Waals surface area contributed by atoms with Crippen molar-refractivity contribution in [1.29, 1.82) is 0 Å². The quantitative estimate of drug-likeness (QED) is 0.922. The van der Waals surface area contributed by atoms with Crippen molar-refractivity contribution in [1.82, 2.24) is 0 Å². The number of rotatable bonds is 3. The molecule has 1 N–H and O–H groups in total. The molecule has 2 aromatic carbocycles. The Hall–Kier alpha value is -1.33. The van der Waals surface area contributed by atoms with Crippen LogP contribution < -0.4 is 4.72 Å². The van der Waals surface area contributed by atoms with Gasteiger partial charge in [-0.05, 0) is 65.2 Å². The van der Waals surface area contributed by atoms with Crippen molar-refractivity contribution in [2.45, 2.75) is 18.7 Å². The van der Waals surface area contributed by atoms with Gasteiger partial charge >= 0.3 is 0 Å². The third-order valence-electron chi connectivity index (χ3n) is 2.89. The fourth-order valence-electron chi connectivity index (χ4n) is 1.68. The van der Waals surface area contributed by atoms with E-state index in [2.05, 4.69) is 20.7 Å². The van der Waals surface area contributed by atoms with Crippen LogP contribution in [-0.4, -0.2) is 8.42 Å². The monoisotopic (exact) mass is 339 g/mol. The second-order valence-corrected chi connectivity index (χ2v) is 6.84. The molecule has 0 fully saturated rings. The Balaban J connectivity index is 2.37. The highest BCUT2D eigenvalue weighted by molar-refractivity contribution is 9.10. The van der Waals surface area contributed by atoms with Gasteiger partial charge < -0.3 is 0 Å². The van der Waals surface area contributed by atoms with E-state index in [0.717, 1.165) is 11.1 Å². The van der Waals surface area contributed by atoms with Crippen LogP contribution in [0.25, 0.3) is 0 Å². The maximum absolute atomic E-state index is 12.3. The zero-order valence-electron chi connectivity index (χ0n) is 10.6.